The Labute approximate surface area is 223 Å². The van der Waals surface area contributed by atoms with Crippen LogP contribution in [0, 0.1) is 0 Å². The van der Waals surface area contributed by atoms with Crippen LogP contribution in [-0.2, 0) is 14.4 Å². The molecule has 0 radical (unpaired) electrons. The van der Waals surface area contributed by atoms with Crippen LogP contribution in [0.4, 0.5) is 0 Å². The predicted molar refractivity (Wildman–Crippen MR) is 153 cm³/mol. The van der Waals surface area contributed by atoms with Gasteiger partial charge in [0, 0.05) is 19.3 Å². The molecule has 0 heterocycles. The van der Waals surface area contributed by atoms with Crippen molar-refractivity contribution in [2.24, 2.45) is 5.73 Å². The van der Waals surface area contributed by atoms with E-state index < -0.39 is 5.54 Å². The van der Waals surface area contributed by atoms with Crippen molar-refractivity contribution in [1.29, 1.82) is 0 Å². The molecule has 0 aromatic carbocycles. The van der Waals surface area contributed by atoms with Crippen molar-refractivity contribution >= 4 is 17.3 Å². The highest BCUT2D eigenvalue weighted by atomic mass is 16.2. The molecule has 0 aliphatic carbocycles. The molecule has 5 nitrogen and oxygen atoms in total. The van der Waals surface area contributed by atoms with E-state index in [0.29, 0.717) is 0 Å². The Balaban J connectivity index is 0. The van der Waals surface area contributed by atoms with Crippen molar-refractivity contribution < 1.29 is 19.9 Å². The third kappa shape index (κ3) is 17.4. The molecule has 5 heteroatoms. The molecule has 36 heavy (non-hydrogen) atoms. The van der Waals surface area contributed by atoms with Gasteiger partial charge in [0.05, 0.1) is 0 Å². The summed E-state index contributed by atoms with van der Waals surface area (Å²) in [4.78, 5) is 39.4. The maximum atomic E-state index is 13.1. The van der Waals surface area contributed by atoms with E-state index in [1.807, 2.05) is 0 Å². The first kappa shape index (κ1) is 37.1. The number of ketones is 3. The van der Waals surface area contributed by atoms with Crippen LogP contribution in [0.1, 0.15) is 175 Å². The maximum absolute atomic E-state index is 13.1. The molecule has 0 aromatic rings. The summed E-state index contributed by atoms with van der Waals surface area (Å²) in [5.74, 6) is -1.02. The smallest absolute Gasteiger partial charge is 0.193 e. The van der Waals surface area contributed by atoms with E-state index in [9.17, 15) is 14.4 Å². The quantitative estimate of drug-likeness (QED) is 0.0890. The minimum Gasteiger partial charge on any atom is -0.412 e. The van der Waals surface area contributed by atoms with Crippen molar-refractivity contribution in [3.8, 4) is 0 Å². The lowest BCUT2D eigenvalue weighted by atomic mass is 9.79. The first-order valence-corrected chi connectivity index (χ1v) is 15.3. The Morgan fingerprint density at radius 3 is 0.833 bits per heavy atom. The summed E-state index contributed by atoms with van der Waals surface area (Å²) in [5, 5.41) is 0. The summed E-state index contributed by atoms with van der Waals surface area (Å²) in [7, 11) is 0. The van der Waals surface area contributed by atoms with Crippen LogP contribution in [0.5, 0.6) is 0 Å². The molecule has 214 valence electrons. The van der Waals surface area contributed by atoms with E-state index in [0.717, 1.165) is 57.8 Å². The van der Waals surface area contributed by atoms with E-state index in [1.54, 1.807) is 0 Å². The largest absolute Gasteiger partial charge is 0.412 e. The fourth-order valence-corrected chi connectivity index (χ4v) is 4.79. The number of rotatable bonds is 27. The summed E-state index contributed by atoms with van der Waals surface area (Å²) in [6.45, 7) is 6.60. The predicted octanol–water partition coefficient (Wildman–Crippen LogP) is 7.99. The highest BCUT2D eigenvalue weighted by Gasteiger charge is 2.46. The zero-order chi connectivity index (χ0) is 26.2. The van der Waals surface area contributed by atoms with Gasteiger partial charge < -0.3 is 11.2 Å². The lowest BCUT2D eigenvalue weighted by Crippen LogP contribution is -2.61. The zero-order valence-electron chi connectivity index (χ0n) is 24.3. The van der Waals surface area contributed by atoms with E-state index in [2.05, 4.69) is 20.8 Å². The van der Waals surface area contributed by atoms with Crippen molar-refractivity contribution in [3.05, 3.63) is 0 Å². The Hall–Kier alpha value is -1.07. The van der Waals surface area contributed by atoms with Gasteiger partial charge in [-0.25, -0.2) is 0 Å². The molecule has 0 atom stereocenters. The lowest BCUT2D eigenvalue weighted by molar-refractivity contribution is -0.142. The average Bonchev–Trinajstić information content (AvgIpc) is 2.86. The molecule has 0 aliphatic rings. The van der Waals surface area contributed by atoms with E-state index in [4.69, 9.17) is 5.73 Å². The van der Waals surface area contributed by atoms with Crippen LogP contribution >= 0.6 is 0 Å². The molecule has 0 spiro atoms. The van der Waals surface area contributed by atoms with Gasteiger partial charge in [-0.1, -0.05) is 136 Å². The zero-order valence-corrected chi connectivity index (χ0v) is 24.3. The van der Waals surface area contributed by atoms with Crippen LogP contribution in [0.25, 0.3) is 0 Å². The van der Waals surface area contributed by atoms with Gasteiger partial charge in [0.15, 0.2) is 22.9 Å². The number of unbranched alkanes of at least 4 members (excludes halogenated alkanes) is 18. The highest BCUT2D eigenvalue weighted by Crippen LogP contribution is 2.21. The first-order valence-electron chi connectivity index (χ1n) is 15.3. The summed E-state index contributed by atoms with van der Waals surface area (Å²) in [6, 6.07) is 0. The minimum absolute atomic E-state index is 0. The Morgan fingerprint density at radius 2 is 0.611 bits per heavy atom. The van der Waals surface area contributed by atoms with Gasteiger partial charge in [-0.3, -0.25) is 14.4 Å². The van der Waals surface area contributed by atoms with E-state index >= 15 is 0 Å². The Kier molecular flexibility index (Phi) is 26.3. The van der Waals surface area contributed by atoms with Crippen molar-refractivity contribution in [1.82, 2.24) is 0 Å². The Morgan fingerprint density at radius 1 is 0.417 bits per heavy atom. The molecule has 0 unspecified atom stereocenters. The lowest BCUT2D eigenvalue weighted by Gasteiger charge is -2.25. The second-order valence-corrected chi connectivity index (χ2v) is 10.7. The number of hydrogen-bond acceptors (Lipinski definition) is 4. The van der Waals surface area contributed by atoms with Gasteiger partial charge in [0.1, 0.15) is 0 Å². The number of carbonyl (C=O) groups excluding carboxylic acids is 3. The molecule has 0 aliphatic heterocycles. The fourth-order valence-electron chi connectivity index (χ4n) is 4.79. The third-order valence-corrected chi connectivity index (χ3v) is 7.34. The van der Waals surface area contributed by atoms with Gasteiger partial charge in [0.2, 0.25) is 0 Å². The molecule has 0 rings (SSSR count). The average molecular weight is 512 g/mol. The van der Waals surface area contributed by atoms with Crippen LogP contribution in [0.3, 0.4) is 0 Å². The Bertz CT molecular complexity index is 473. The van der Waals surface area contributed by atoms with Gasteiger partial charge in [-0.2, -0.15) is 0 Å². The molecular weight excluding hydrogens is 450 g/mol. The fraction of sp³-hybridized carbons (Fsp3) is 0.903. The SMILES string of the molecule is CCCCCCCCCC(=O)C(N)(C(=O)CCCCCCCCC)C(=O)CCCCCCCCC.O. The second kappa shape index (κ2) is 25.6. The summed E-state index contributed by atoms with van der Waals surface area (Å²) in [6.07, 6.45) is 23.8. The van der Waals surface area contributed by atoms with Gasteiger partial charge in [-0.05, 0) is 19.3 Å². The van der Waals surface area contributed by atoms with Gasteiger partial charge in [0.25, 0.3) is 0 Å². The van der Waals surface area contributed by atoms with Crippen molar-refractivity contribution in [3.63, 3.8) is 0 Å². The number of nitrogens with two attached hydrogens (primary N) is 1. The van der Waals surface area contributed by atoms with Crippen molar-refractivity contribution in [2.75, 3.05) is 0 Å². The summed E-state index contributed by atoms with van der Waals surface area (Å²) < 4.78 is 0. The molecule has 4 N–H and O–H groups in total. The van der Waals surface area contributed by atoms with Crippen LogP contribution in [-0.4, -0.2) is 28.4 Å². The van der Waals surface area contributed by atoms with Crippen LogP contribution in [0.2, 0.25) is 0 Å². The normalized spacial score (nSPS) is 11.3. The molecule has 0 aromatic heterocycles. The standard InChI is InChI=1S/C31H59NO3.H2O/c1-4-7-10-13-16-19-22-25-28(33)31(32,29(34)26-23-20-17-14-11-8-5-2)30(35)27-24-21-18-15-12-9-6-3;/h4-27,32H2,1-3H3;1H2. The topological polar surface area (TPSA) is 109 Å². The van der Waals surface area contributed by atoms with E-state index in [-0.39, 0.29) is 42.1 Å². The second-order valence-electron chi connectivity index (χ2n) is 10.7. The minimum atomic E-state index is -1.91. The summed E-state index contributed by atoms with van der Waals surface area (Å²) >= 11 is 0. The van der Waals surface area contributed by atoms with Crippen molar-refractivity contribution in [2.45, 2.75) is 180 Å². The monoisotopic (exact) mass is 511 g/mol. The first-order chi connectivity index (χ1) is 16.9. The molecule has 0 amide bonds. The number of carbonyl (C=O) groups is 3. The van der Waals surface area contributed by atoms with Crippen LogP contribution in [0.15, 0.2) is 0 Å². The van der Waals surface area contributed by atoms with Gasteiger partial charge >= 0.3 is 0 Å². The summed E-state index contributed by atoms with van der Waals surface area (Å²) in [5.41, 5.74) is 4.51. The van der Waals surface area contributed by atoms with Gasteiger partial charge in [-0.15, -0.1) is 0 Å². The molecule has 0 fully saturated rings. The highest BCUT2D eigenvalue weighted by molar-refractivity contribution is 6.29. The third-order valence-electron chi connectivity index (χ3n) is 7.34. The molecule has 0 saturated heterocycles. The maximum Gasteiger partial charge on any atom is 0.193 e. The number of Topliss-reactive ketones (excluding diaryl/α,β-unsaturated/α-hetero) is 3. The van der Waals surface area contributed by atoms with E-state index in [1.165, 1.54) is 77.0 Å². The van der Waals surface area contributed by atoms with Crippen LogP contribution < -0.4 is 5.73 Å². The number of hydrogen-bond donors (Lipinski definition) is 1. The molecular formula is C31H61NO4. The molecule has 0 saturated carbocycles. The molecule has 0 bridgehead atoms.